The van der Waals surface area contributed by atoms with Crippen LogP contribution in [0.15, 0.2) is 65.3 Å². The second kappa shape index (κ2) is 8.52. The van der Waals surface area contributed by atoms with E-state index in [-0.39, 0.29) is 0 Å². The van der Waals surface area contributed by atoms with Crippen LogP contribution >= 0.6 is 0 Å². The van der Waals surface area contributed by atoms with E-state index in [1.807, 2.05) is 7.05 Å². The molecule has 0 aliphatic rings. The number of allylic oxidation sites excluding steroid dienone is 1. The first-order valence-electron chi connectivity index (χ1n) is 8.98. The maximum atomic E-state index is 8.41. The van der Waals surface area contributed by atoms with Crippen molar-refractivity contribution in [3.05, 3.63) is 81.7 Å². The molecular formula is C22H24N4. The summed E-state index contributed by atoms with van der Waals surface area (Å²) in [6, 6.07) is 17.4. The van der Waals surface area contributed by atoms with Gasteiger partial charge < -0.3 is 5.32 Å². The van der Waals surface area contributed by atoms with Gasteiger partial charge in [0.2, 0.25) is 0 Å². The number of hydrogen-bond donors (Lipinski definition) is 1. The molecule has 3 aromatic rings. The highest BCUT2D eigenvalue weighted by Gasteiger charge is 2.13. The van der Waals surface area contributed by atoms with Gasteiger partial charge in [0.1, 0.15) is 0 Å². The Kier molecular flexibility index (Phi) is 5.90. The number of nitrogens with zero attached hydrogens (tertiary/aromatic N) is 3. The van der Waals surface area contributed by atoms with E-state index < -0.39 is 0 Å². The van der Waals surface area contributed by atoms with Crippen molar-refractivity contribution in [2.75, 3.05) is 13.6 Å². The van der Waals surface area contributed by atoms with Crippen molar-refractivity contribution in [1.29, 1.82) is 0 Å². The highest BCUT2D eigenvalue weighted by atomic mass is 15.1. The maximum absolute atomic E-state index is 8.41. The van der Waals surface area contributed by atoms with Crippen molar-refractivity contribution >= 4 is 21.5 Å². The largest absolute Gasteiger partial charge is 0.316 e. The Morgan fingerprint density at radius 2 is 1.54 bits per heavy atom. The Morgan fingerprint density at radius 1 is 1.00 bits per heavy atom. The Hall–Kier alpha value is -2.81. The molecule has 4 nitrogen and oxygen atoms in total. The SMILES string of the molecule is CNCc1c2ccccc2c(C/C(C)=C/CCN=[N+]=[N-])c2ccccc12. The van der Waals surface area contributed by atoms with Gasteiger partial charge >= 0.3 is 0 Å². The van der Waals surface area contributed by atoms with E-state index in [4.69, 9.17) is 5.53 Å². The molecule has 0 spiro atoms. The van der Waals surface area contributed by atoms with Gasteiger partial charge in [-0.15, -0.1) is 0 Å². The monoisotopic (exact) mass is 344 g/mol. The normalized spacial score (nSPS) is 11.7. The van der Waals surface area contributed by atoms with Crippen LogP contribution in [0.3, 0.4) is 0 Å². The first kappa shape index (κ1) is 18.0. The van der Waals surface area contributed by atoms with E-state index in [1.54, 1.807) is 0 Å². The lowest BCUT2D eigenvalue weighted by Gasteiger charge is -2.17. The molecule has 0 fully saturated rings. The highest BCUT2D eigenvalue weighted by molar-refractivity contribution is 6.06. The van der Waals surface area contributed by atoms with Gasteiger partial charge in [0.05, 0.1) is 0 Å². The number of azide groups is 1. The van der Waals surface area contributed by atoms with Crippen molar-refractivity contribution in [3.63, 3.8) is 0 Å². The number of nitrogens with one attached hydrogen (secondary N) is 1. The fraction of sp³-hybridized carbons (Fsp3) is 0.273. The summed E-state index contributed by atoms with van der Waals surface area (Å²) in [5.74, 6) is 0. The molecule has 3 rings (SSSR count). The van der Waals surface area contributed by atoms with Crippen LogP contribution in [0, 0.1) is 0 Å². The number of benzene rings is 3. The molecule has 0 amide bonds. The first-order valence-corrected chi connectivity index (χ1v) is 8.98. The van der Waals surface area contributed by atoms with Gasteiger partial charge in [-0.1, -0.05) is 65.3 Å². The molecule has 132 valence electrons. The van der Waals surface area contributed by atoms with E-state index >= 15 is 0 Å². The molecule has 0 radical (unpaired) electrons. The average Bonchev–Trinajstić information content (AvgIpc) is 2.68. The van der Waals surface area contributed by atoms with Crippen molar-refractivity contribution < 1.29 is 0 Å². The van der Waals surface area contributed by atoms with Crippen LogP contribution in [-0.2, 0) is 13.0 Å². The topological polar surface area (TPSA) is 60.8 Å². The Bertz CT molecular complexity index is 941. The second-order valence-corrected chi connectivity index (χ2v) is 6.55. The summed E-state index contributed by atoms with van der Waals surface area (Å²) in [5, 5.41) is 12.2. The maximum Gasteiger partial charge on any atom is 0.0292 e. The van der Waals surface area contributed by atoms with Gasteiger partial charge in [-0.05, 0) is 65.0 Å². The van der Waals surface area contributed by atoms with Gasteiger partial charge in [0.25, 0.3) is 0 Å². The van der Waals surface area contributed by atoms with Gasteiger partial charge in [-0.25, -0.2) is 0 Å². The molecule has 0 atom stereocenters. The van der Waals surface area contributed by atoms with Crippen molar-refractivity contribution in [2.45, 2.75) is 26.3 Å². The minimum atomic E-state index is 0.510. The van der Waals surface area contributed by atoms with E-state index in [9.17, 15) is 0 Å². The van der Waals surface area contributed by atoms with E-state index in [0.717, 1.165) is 19.4 Å². The van der Waals surface area contributed by atoms with E-state index in [2.05, 4.69) is 76.9 Å². The summed E-state index contributed by atoms with van der Waals surface area (Å²) in [6.07, 6.45) is 3.86. The molecule has 0 saturated carbocycles. The number of rotatable bonds is 7. The minimum Gasteiger partial charge on any atom is -0.316 e. The highest BCUT2D eigenvalue weighted by Crippen LogP contribution is 2.34. The van der Waals surface area contributed by atoms with Crippen molar-refractivity contribution in [2.24, 2.45) is 5.11 Å². The van der Waals surface area contributed by atoms with E-state index in [1.165, 1.54) is 38.2 Å². The van der Waals surface area contributed by atoms with Gasteiger partial charge in [-0.3, -0.25) is 0 Å². The van der Waals surface area contributed by atoms with Crippen LogP contribution in [0.5, 0.6) is 0 Å². The molecule has 0 unspecified atom stereocenters. The van der Waals surface area contributed by atoms with Crippen LogP contribution in [0.2, 0.25) is 0 Å². The second-order valence-electron chi connectivity index (χ2n) is 6.55. The quantitative estimate of drug-likeness (QED) is 0.142. The predicted molar refractivity (Wildman–Crippen MR) is 110 cm³/mol. The molecule has 0 bridgehead atoms. The first-order chi connectivity index (χ1) is 12.8. The van der Waals surface area contributed by atoms with Crippen LogP contribution in [-0.4, -0.2) is 13.6 Å². The molecule has 1 N–H and O–H groups in total. The third kappa shape index (κ3) is 3.72. The van der Waals surface area contributed by atoms with Gasteiger partial charge in [0.15, 0.2) is 0 Å². The fourth-order valence-corrected chi connectivity index (χ4v) is 3.63. The smallest absolute Gasteiger partial charge is 0.0292 e. The molecule has 0 aliphatic heterocycles. The average molecular weight is 344 g/mol. The molecule has 26 heavy (non-hydrogen) atoms. The Morgan fingerprint density at radius 3 is 2.04 bits per heavy atom. The summed E-state index contributed by atoms with van der Waals surface area (Å²) in [6.45, 7) is 3.51. The van der Waals surface area contributed by atoms with Crippen LogP contribution < -0.4 is 5.32 Å². The summed E-state index contributed by atoms with van der Waals surface area (Å²) in [7, 11) is 1.99. The van der Waals surface area contributed by atoms with E-state index in [0.29, 0.717) is 6.54 Å². The standard InChI is InChI=1S/C22H24N4/c1-16(8-7-13-25-26-23)14-21-17-9-3-5-11-19(17)22(15-24-2)20-12-6-4-10-18(20)21/h3-6,8-12,24H,7,13-15H2,1-2H3/b16-8+. The van der Waals surface area contributed by atoms with Crippen LogP contribution in [0.25, 0.3) is 32.0 Å². The summed E-state index contributed by atoms with van der Waals surface area (Å²) in [4.78, 5) is 2.82. The van der Waals surface area contributed by atoms with Gasteiger partial charge in [-0.2, -0.15) is 0 Å². The predicted octanol–water partition coefficient (Wildman–Crippen LogP) is 5.90. The number of hydrogen-bond acceptors (Lipinski definition) is 2. The van der Waals surface area contributed by atoms with Crippen LogP contribution in [0.4, 0.5) is 0 Å². The molecule has 4 heteroatoms. The summed E-state index contributed by atoms with van der Waals surface area (Å²) >= 11 is 0. The molecular weight excluding hydrogens is 320 g/mol. The molecule has 0 heterocycles. The minimum absolute atomic E-state index is 0.510. The summed E-state index contributed by atoms with van der Waals surface area (Å²) < 4.78 is 0. The zero-order chi connectivity index (χ0) is 18.4. The zero-order valence-electron chi connectivity index (χ0n) is 15.4. The lowest BCUT2D eigenvalue weighted by Crippen LogP contribution is -2.07. The summed E-state index contributed by atoms with van der Waals surface area (Å²) in [5.41, 5.74) is 12.4. The lowest BCUT2D eigenvalue weighted by molar-refractivity contribution is 0.829. The van der Waals surface area contributed by atoms with Crippen LogP contribution in [0.1, 0.15) is 24.5 Å². The third-order valence-electron chi connectivity index (χ3n) is 4.75. The van der Waals surface area contributed by atoms with Gasteiger partial charge in [0, 0.05) is 18.0 Å². The fourth-order valence-electron chi connectivity index (χ4n) is 3.63. The number of fused-ring (bicyclic) bond motifs is 2. The molecule has 0 aliphatic carbocycles. The Balaban J connectivity index is 2.14. The third-order valence-corrected chi connectivity index (χ3v) is 4.75. The van der Waals surface area contributed by atoms with Crippen molar-refractivity contribution in [3.8, 4) is 0 Å². The molecule has 0 aromatic heterocycles. The Labute approximate surface area is 154 Å². The zero-order valence-corrected chi connectivity index (χ0v) is 15.4. The van der Waals surface area contributed by atoms with Crippen molar-refractivity contribution in [1.82, 2.24) is 5.32 Å². The molecule has 3 aromatic carbocycles. The molecule has 0 saturated heterocycles. The lowest BCUT2D eigenvalue weighted by atomic mass is 9.89.